The molecular weight excluding hydrogens is 496 g/mol. The number of carbonyl (C=O) groups is 1. The summed E-state index contributed by atoms with van der Waals surface area (Å²) in [6.45, 7) is 9.50. The number of alkyl carbamates (subject to hydrolysis) is 1. The van der Waals surface area contributed by atoms with E-state index >= 15 is 0 Å². The fourth-order valence-electron chi connectivity index (χ4n) is 4.04. The third-order valence-corrected chi connectivity index (χ3v) is 5.78. The zero-order chi connectivity index (χ0) is 28.2. The predicted octanol–water partition coefficient (Wildman–Crippen LogP) is 3.41. The van der Waals surface area contributed by atoms with Gasteiger partial charge in [0.05, 0.1) is 30.5 Å². The highest BCUT2D eigenvalue weighted by Gasteiger charge is 2.20. The van der Waals surface area contributed by atoms with Gasteiger partial charge in [0, 0.05) is 29.6 Å². The van der Waals surface area contributed by atoms with E-state index < -0.39 is 11.7 Å². The zero-order valence-electron chi connectivity index (χ0n) is 22.6. The lowest BCUT2D eigenvalue weighted by Gasteiger charge is -2.22. The molecule has 0 saturated carbocycles. The zero-order valence-corrected chi connectivity index (χ0v) is 22.6. The summed E-state index contributed by atoms with van der Waals surface area (Å²) in [5.74, 6) is 6.25. The van der Waals surface area contributed by atoms with Gasteiger partial charge in [-0.2, -0.15) is 10.4 Å². The van der Waals surface area contributed by atoms with Gasteiger partial charge in [-0.1, -0.05) is 30.2 Å². The molecule has 0 saturated heterocycles. The molecule has 3 heterocycles. The number of hydrogen-bond acceptors (Lipinski definition) is 8. The van der Waals surface area contributed by atoms with E-state index in [1.54, 1.807) is 38.5 Å². The quantitative estimate of drug-likeness (QED) is 0.349. The second kappa shape index (κ2) is 11.2. The molecule has 0 aliphatic rings. The van der Waals surface area contributed by atoms with E-state index in [0.29, 0.717) is 34.8 Å². The van der Waals surface area contributed by atoms with Crippen LogP contribution in [0, 0.1) is 23.2 Å². The van der Waals surface area contributed by atoms with E-state index in [-0.39, 0.29) is 24.7 Å². The normalized spacial score (nSPS) is 11.9. The van der Waals surface area contributed by atoms with Crippen molar-refractivity contribution in [2.24, 2.45) is 0 Å². The van der Waals surface area contributed by atoms with Crippen LogP contribution in [-0.2, 0) is 17.8 Å². The minimum Gasteiger partial charge on any atom is -0.444 e. The summed E-state index contributed by atoms with van der Waals surface area (Å²) in [4.78, 5) is 34.7. The second-order valence-electron chi connectivity index (χ2n) is 10.00. The second-order valence-corrected chi connectivity index (χ2v) is 10.00. The Morgan fingerprint density at radius 1 is 1.23 bits per heavy atom. The molecule has 1 atom stereocenters. The van der Waals surface area contributed by atoms with Crippen LogP contribution in [0.4, 0.5) is 10.7 Å². The molecule has 1 aromatic carbocycles. The first kappa shape index (κ1) is 27.1. The van der Waals surface area contributed by atoms with Crippen LogP contribution >= 0.6 is 0 Å². The van der Waals surface area contributed by atoms with E-state index in [4.69, 9.17) is 4.74 Å². The number of rotatable bonds is 7. The Morgan fingerprint density at radius 2 is 2.00 bits per heavy atom. The average molecular weight is 527 g/mol. The standard InChI is InChI=1S/C28H30N8O3/c1-6-7-12-35-24-22(34-26(35)31-14-18(2)33-27(38)39-28(3,4)5)16-32-36(25(24)37)17-23-21(13-29)20-11-9-8-10-19(20)15-30-23/h8-11,15-16,18H,12,14,17H2,1-5H3,(H,31,34)(H,33,38). The molecule has 0 spiro atoms. The van der Waals surface area contributed by atoms with Crippen molar-refractivity contribution in [1.29, 1.82) is 5.26 Å². The van der Waals surface area contributed by atoms with Crippen molar-refractivity contribution in [3.63, 3.8) is 0 Å². The molecule has 0 aliphatic carbocycles. The molecule has 3 aromatic heterocycles. The number of nitrogens with one attached hydrogen (secondary N) is 2. The number of imidazole rings is 1. The lowest BCUT2D eigenvalue weighted by atomic mass is 10.1. The topological polar surface area (TPSA) is 140 Å². The number of fused-ring (bicyclic) bond motifs is 2. The summed E-state index contributed by atoms with van der Waals surface area (Å²) < 4.78 is 8.27. The average Bonchev–Trinajstić information content (AvgIpc) is 3.24. The van der Waals surface area contributed by atoms with Gasteiger partial charge in [-0.05, 0) is 34.6 Å². The molecule has 4 rings (SSSR count). The predicted molar refractivity (Wildman–Crippen MR) is 148 cm³/mol. The first-order valence-corrected chi connectivity index (χ1v) is 12.5. The van der Waals surface area contributed by atoms with Crippen molar-refractivity contribution in [1.82, 2.24) is 29.6 Å². The molecule has 0 aliphatic heterocycles. The van der Waals surface area contributed by atoms with Crippen molar-refractivity contribution < 1.29 is 9.53 Å². The van der Waals surface area contributed by atoms with Gasteiger partial charge in [0.25, 0.3) is 5.56 Å². The lowest BCUT2D eigenvalue weighted by Crippen LogP contribution is -2.41. The molecule has 11 heteroatoms. The highest BCUT2D eigenvalue weighted by Crippen LogP contribution is 2.21. The number of nitriles is 1. The Kier molecular flexibility index (Phi) is 7.82. The van der Waals surface area contributed by atoms with Gasteiger partial charge in [-0.3, -0.25) is 14.3 Å². The summed E-state index contributed by atoms with van der Waals surface area (Å²) >= 11 is 0. The van der Waals surface area contributed by atoms with E-state index in [1.165, 1.54) is 10.9 Å². The van der Waals surface area contributed by atoms with E-state index in [1.807, 2.05) is 31.2 Å². The summed E-state index contributed by atoms with van der Waals surface area (Å²) in [7, 11) is 0. The van der Waals surface area contributed by atoms with Gasteiger partial charge < -0.3 is 15.4 Å². The Labute approximate surface area is 225 Å². The number of carbonyl (C=O) groups excluding carboxylic acids is 1. The molecule has 0 fully saturated rings. The molecule has 200 valence electrons. The van der Waals surface area contributed by atoms with Crippen LogP contribution in [0.2, 0.25) is 0 Å². The third-order valence-electron chi connectivity index (χ3n) is 5.78. The van der Waals surface area contributed by atoms with Gasteiger partial charge in [0.15, 0.2) is 0 Å². The summed E-state index contributed by atoms with van der Waals surface area (Å²) in [5, 5.41) is 21.7. The number of nitrogens with zero attached hydrogens (tertiary/aromatic N) is 6. The van der Waals surface area contributed by atoms with Crippen molar-refractivity contribution in [2.45, 2.75) is 59.4 Å². The van der Waals surface area contributed by atoms with Gasteiger partial charge in [-0.25, -0.2) is 14.5 Å². The molecule has 11 nitrogen and oxygen atoms in total. The van der Waals surface area contributed by atoms with Crippen molar-refractivity contribution in [2.75, 3.05) is 11.9 Å². The maximum Gasteiger partial charge on any atom is 0.407 e. The minimum atomic E-state index is -0.604. The van der Waals surface area contributed by atoms with Crippen LogP contribution < -0.4 is 16.2 Å². The van der Waals surface area contributed by atoms with E-state index in [2.05, 4.69) is 43.6 Å². The van der Waals surface area contributed by atoms with Crippen LogP contribution in [0.5, 0.6) is 0 Å². The van der Waals surface area contributed by atoms with Crippen molar-refractivity contribution >= 4 is 33.8 Å². The van der Waals surface area contributed by atoms with Crippen LogP contribution in [0.1, 0.15) is 45.9 Å². The number of anilines is 1. The maximum absolute atomic E-state index is 13.6. The number of aromatic nitrogens is 5. The van der Waals surface area contributed by atoms with E-state index in [9.17, 15) is 14.9 Å². The molecule has 0 bridgehead atoms. The van der Waals surface area contributed by atoms with Gasteiger partial charge in [-0.15, -0.1) is 5.92 Å². The highest BCUT2D eigenvalue weighted by atomic mass is 16.6. The Balaban J connectivity index is 1.64. The Bertz CT molecular complexity index is 1700. The molecular formula is C28H30N8O3. The highest BCUT2D eigenvalue weighted by molar-refractivity contribution is 5.87. The van der Waals surface area contributed by atoms with Crippen LogP contribution in [0.3, 0.4) is 0 Å². The number of hydrogen-bond donors (Lipinski definition) is 2. The van der Waals surface area contributed by atoms with Gasteiger partial charge in [0.2, 0.25) is 5.95 Å². The molecule has 1 unspecified atom stereocenters. The molecule has 0 radical (unpaired) electrons. The third kappa shape index (κ3) is 6.16. The number of amides is 1. The maximum atomic E-state index is 13.6. The number of ether oxygens (including phenoxy) is 1. The Hall–Kier alpha value is -4.90. The van der Waals surface area contributed by atoms with Gasteiger partial charge >= 0.3 is 6.09 Å². The first-order chi connectivity index (χ1) is 18.6. The smallest absolute Gasteiger partial charge is 0.407 e. The summed E-state index contributed by atoms with van der Waals surface area (Å²) in [6, 6.07) is 9.41. The largest absolute Gasteiger partial charge is 0.444 e. The first-order valence-electron chi connectivity index (χ1n) is 12.5. The minimum absolute atomic E-state index is 0.0206. The fourth-order valence-corrected chi connectivity index (χ4v) is 4.04. The fraction of sp³-hybridized carbons (Fsp3) is 0.357. The molecule has 2 N–H and O–H groups in total. The van der Waals surface area contributed by atoms with E-state index in [0.717, 1.165) is 10.8 Å². The lowest BCUT2D eigenvalue weighted by molar-refractivity contribution is 0.0511. The number of benzene rings is 1. The van der Waals surface area contributed by atoms with Gasteiger partial charge in [0.1, 0.15) is 22.7 Å². The molecule has 4 aromatic rings. The molecule has 1 amide bonds. The van der Waals surface area contributed by atoms with Crippen LogP contribution in [-0.4, -0.2) is 48.6 Å². The summed E-state index contributed by atoms with van der Waals surface area (Å²) in [5.41, 5.74) is 0.585. The van der Waals surface area contributed by atoms with Crippen molar-refractivity contribution in [3.05, 3.63) is 58.3 Å². The Morgan fingerprint density at radius 3 is 2.72 bits per heavy atom. The van der Waals surface area contributed by atoms with Crippen LogP contribution in [0.25, 0.3) is 21.8 Å². The summed E-state index contributed by atoms with van der Waals surface area (Å²) in [6.07, 6.45) is 2.67. The van der Waals surface area contributed by atoms with Crippen LogP contribution in [0.15, 0.2) is 41.5 Å². The van der Waals surface area contributed by atoms with Crippen molar-refractivity contribution in [3.8, 4) is 17.9 Å². The monoisotopic (exact) mass is 526 g/mol. The molecule has 39 heavy (non-hydrogen) atoms. The SMILES string of the molecule is CC#CCn1c(NCC(C)NC(=O)OC(C)(C)C)nc2cnn(Cc3ncc4ccccc4c3C#N)c(=O)c21. The number of pyridine rings is 1.